The highest BCUT2D eigenvalue weighted by Crippen LogP contribution is 2.32. The first kappa shape index (κ1) is 29.1. The number of amides is 2. The van der Waals surface area contributed by atoms with Gasteiger partial charge in [-0.25, -0.2) is 9.59 Å². The van der Waals surface area contributed by atoms with E-state index in [1.165, 1.54) is 0 Å². The highest BCUT2D eigenvalue weighted by Gasteiger charge is 2.32. The van der Waals surface area contributed by atoms with E-state index in [0.29, 0.717) is 22.6 Å². The summed E-state index contributed by atoms with van der Waals surface area (Å²) in [5.74, 6) is 1.30. The first-order valence-corrected chi connectivity index (χ1v) is 12.5. The molecule has 0 saturated heterocycles. The fraction of sp³-hybridized carbons (Fsp3) is 0.500. The minimum absolute atomic E-state index is 0.220. The maximum Gasteiger partial charge on any atom is 0.408 e. The van der Waals surface area contributed by atoms with Gasteiger partial charge in [-0.3, -0.25) is 0 Å². The Labute approximate surface area is 223 Å². The SMILES string of the molecule is CC(C)(C)OC(=O)NC1COc2ccccc2C1O.CC(C)(C)OC(=O)NC1COc2ccccc2C1O. The molecule has 2 aliphatic rings. The van der Waals surface area contributed by atoms with Crippen LogP contribution in [0.4, 0.5) is 9.59 Å². The summed E-state index contributed by atoms with van der Waals surface area (Å²) in [7, 11) is 0. The van der Waals surface area contributed by atoms with Gasteiger partial charge in [0.1, 0.15) is 48.1 Å². The maximum atomic E-state index is 11.7. The molecule has 0 aliphatic carbocycles. The molecule has 10 nitrogen and oxygen atoms in total. The van der Waals surface area contributed by atoms with Crippen LogP contribution in [0.3, 0.4) is 0 Å². The van der Waals surface area contributed by atoms with Gasteiger partial charge in [0.05, 0.1) is 12.1 Å². The standard InChI is InChI=1S/2C14H19NO4/c2*1-14(2,3)19-13(17)15-10-8-18-11-7-5-4-6-9(11)12(10)16/h2*4-7,10,12,16H,8H2,1-3H3,(H,15,17). The van der Waals surface area contributed by atoms with E-state index in [2.05, 4.69) is 10.6 Å². The van der Waals surface area contributed by atoms with E-state index in [9.17, 15) is 19.8 Å². The number of ether oxygens (including phenoxy) is 4. The average Bonchev–Trinajstić information content (AvgIpc) is 2.81. The van der Waals surface area contributed by atoms with Gasteiger partial charge in [-0.1, -0.05) is 36.4 Å². The predicted octanol–water partition coefficient (Wildman–Crippen LogP) is 4.01. The Bertz CT molecular complexity index is 1020. The molecule has 0 bridgehead atoms. The second kappa shape index (κ2) is 11.9. The molecule has 208 valence electrons. The van der Waals surface area contributed by atoms with Crippen LogP contribution < -0.4 is 20.1 Å². The van der Waals surface area contributed by atoms with Gasteiger partial charge in [0.2, 0.25) is 0 Å². The summed E-state index contributed by atoms with van der Waals surface area (Å²) in [5.41, 5.74) is 0.218. The zero-order chi connectivity index (χ0) is 28.1. The number of hydrogen-bond acceptors (Lipinski definition) is 8. The van der Waals surface area contributed by atoms with Crippen molar-refractivity contribution in [3.05, 3.63) is 59.7 Å². The van der Waals surface area contributed by atoms with Crippen LogP contribution in [-0.4, -0.2) is 58.9 Å². The Kier molecular flexibility index (Phi) is 9.11. The molecular formula is C28H38N2O8. The lowest BCUT2D eigenvalue weighted by atomic mass is 9.99. The highest BCUT2D eigenvalue weighted by atomic mass is 16.6. The molecule has 0 spiro atoms. The minimum atomic E-state index is -0.794. The Morgan fingerprint density at radius 1 is 0.711 bits per heavy atom. The van der Waals surface area contributed by atoms with Crippen molar-refractivity contribution in [2.75, 3.05) is 13.2 Å². The van der Waals surface area contributed by atoms with Crippen LogP contribution in [0.2, 0.25) is 0 Å². The van der Waals surface area contributed by atoms with E-state index in [4.69, 9.17) is 18.9 Å². The molecule has 2 aromatic rings. The van der Waals surface area contributed by atoms with Crippen molar-refractivity contribution in [3.63, 3.8) is 0 Å². The van der Waals surface area contributed by atoms with E-state index in [0.717, 1.165) is 0 Å². The maximum absolute atomic E-state index is 11.7. The third kappa shape index (κ3) is 8.26. The summed E-state index contributed by atoms with van der Waals surface area (Å²) in [6.07, 6.45) is -2.70. The summed E-state index contributed by atoms with van der Waals surface area (Å²) < 4.78 is 21.3. The molecule has 0 fully saturated rings. The summed E-state index contributed by atoms with van der Waals surface area (Å²) in [4.78, 5) is 23.4. The van der Waals surface area contributed by atoms with Crippen molar-refractivity contribution < 1.29 is 38.7 Å². The molecule has 2 heterocycles. The lowest BCUT2D eigenvalue weighted by Crippen LogP contribution is -2.47. The Morgan fingerprint density at radius 2 is 1.05 bits per heavy atom. The first-order valence-electron chi connectivity index (χ1n) is 12.5. The lowest BCUT2D eigenvalue weighted by Gasteiger charge is -2.31. The van der Waals surface area contributed by atoms with Gasteiger partial charge in [-0.2, -0.15) is 0 Å². The number of alkyl carbamates (subject to hydrolysis) is 2. The Hall–Kier alpha value is -3.50. The molecule has 2 aromatic carbocycles. The van der Waals surface area contributed by atoms with Crippen LogP contribution in [0.25, 0.3) is 0 Å². The monoisotopic (exact) mass is 530 g/mol. The summed E-state index contributed by atoms with van der Waals surface area (Å²) in [6.45, 7) is 11.2. The topological polar surface area (TPSA) is 136 Å². The lowest BCUT2D eigenvalue weighted by molar-refractivity contribution is 0.0306. The number of carbonyl (C=O) groups is 2. The van der Waals surface area contributed by atoms with Crippen LogP contribution in [0, 0.1) is 0 Å². The van der Waals surface area contributed by atoms with Crippen molar-refractivity contribution in [1.29, 1.82) is 0 Å². The third-order valence-corrected chi connectivity index (χ3v) is 5.48. The molecule has 4 atom stereocenters. The van der Waals surface area contributed by atoms with Crippen LogP contribution in [0.15, 0.2) is 48.5 Å². The first-order chi connectivity index (χ1) is 17.7. The molecule has 0 aromatic heterocycles. The normalized spacial score (nSPS) is 22.1. The van der Waals surface area contributed by atoms with Crippen molar-refractivity contribution in [2.24, 2.45) is 0 Å². The number of rotatable bonds is 2. The van der Waals surface area contributed by atoms with Gasteiger partial charge in [0.15, 0.2) is 0 Å². The number of fused-ring (bicyclic) bond motifs is 2. The predicted molar refractivity (Wildman–Crippen MR) is 140 cm³/mol. The quantitative estimate of drug-likeness (QED) is 0.457. The van der Waals surface area contributed by atoms with Gasteiger partial charge in [0, 0.05) is 11.1 Å². The fourth-order valence-corrected chi connectivity index (χ4v) is 3.85. The number of benzene rings is 2. The fourth-order valence-electron chi connectivity index (χ4n) is 3.85. The molecule has 38 heavy (non-hydrogen) atoms. The minimum Gasteiger partial charge on any atom is -0.491 e. The van der Waals surface area contributed by atoms with Gasteiger partial charge in [0.25, 0.3) is 0 Å². The Morgan fingerprint density at radius 3 is 1.39 bits per heavy atom. The Balaban J connectivity index is 0.000000211. The van der Waals surface area contributed by atoms with Crippen LogP contribution in [-0.2, 0) is 9.47 Å². The summed E-state index contributed by atoms with van der Waals surface area (Å²) >= 11 is 0. The highest BCUT2D eigenvalue weighted by molar-refractivity contribution is 5.69. The molecule has 4 rings (SSSR count). The van der Waals surface area contributed by atoms with Crippen LogP contribution in [0.1, 0.15) is 64.9 Å². The van der Waals surface area contributed by atoms with Crippen LogP contribution >= 0.6 is 0 Å². The average molecular weight is 531 g/mol. The zero-order valence-electron chi connectivity index (χ0n) is 22.7. The van der Waals surface area contributed by atoms with Gasteiger partial charge in [-0.05, 0) is 53.7 Å². The molecule has 4 N–H and O–H groups in total. The van der Waals surface area contributed by atoms with E-state index in [-0.39, 0.29) is 13.2 Å². The van der Waals surface area contributed by atoms with E-state index >= 15 is 0 Å². The number of para-hydroxylation sites is 2. The van der Waals surface area contributed by atoms with E-state index in [1.807, 2.05) is 24.3 Å². The summed E-state index contributed by atoms with van der Waals surface area (Å²) in [6, 6.07) is 13.5. The second-order valence-corrected chi connectivity index (χ2v) is 11.1. The number of hydrogen-bond donors (Lipinski definition) is 4. The molecule has 2 aliphatic heterocycles. The number of nitrogens with one attached hydrogen (secondary N) is 2. The zero-order valence-corrected chi connectivity index (χ0v) is 22.7. The van der Waals surface area contributed by atoms with Gasteiger partial charge >= 0.3 is 12.2 Å². The van der Waals surface area contributed by atoms with Crippen LogP contribution in [0.5, 0.6) is 11.5 Å². The van der Waals surface area contributed by atoms with E-state index < -0.39 is 47.7 Å². The third-order valence-electron chi connectivity index (χ3n) is 5.48. The summed E-state index contributed by atoms with van der Waals surface area (Å²) in [5, 5.41) is 25.7. The largest absolute Gasteiger partial charge is 0.491 e. The van der Waals surface area contributed by atoms with Gasteiger partial charge in [-0.15, -0.1) is 0 Å². The molecule has 10 heteroatoms. The molecule has 2 amide bonds. The molecule has 0 saturated carbocycles. The van der Waals surface area contributed by atoms with E-state index in [1.54, 1.807) is 65.8 Å². The van der Waals surface area contributed by atoms with Crippen molar-refractivity contribution in [3.8, 4) is 11.5 Å². The number of aliphatic hydroxyl groups excluding tert-OH is 2. The van der Waals surface area contributed by atoms with Gasteiger partial charge < -0.3 is 39.8 Å². The molecule has 4 unspecified atom stereocenters. The number of aliphatic hydroxyl groups is 2. The van der Waals surface area contributed by atoms with Crippen molar-refractivity contribution in [2.45, 2.75) is 77.0 Å². The number of carbonyl (C=O) groups excluding carboxylic acids is 2. The smallest absolute Gasteiger partial charge is 0.408 e. The van der Waals surface area contributed by atoms with Crippen molar-refractivity contribution >= 4 is 12.2 Å². The molecule has 0 radical (unpaired) electrons. The van der Waals surface area contributed by atoms with Crippen molar-refractivity contribution in [1.82, 2.24) is 10.6 Å². The second-order valence-electron chi connectivity index (χ2n) is 11.1. The molecular weight excluding hydrogens is 492 g/mol.